The summed E-state index contributed by atoms with van der Waals surface area (Å²) in [4.78, 5) is 36.8. The van der Waals surface area contributed by atoms with Gasteiger partial charge in [0.25, 0.3) is 5.56 Å². The second kappa shape index (κ2) is 10.3. The molecule has 1 aromatic carbocycles. The van der Waals surface area contributed by atoms with Gasteiger partial charge in [-0.25, -0.2) is 13.6 Å². The smallest absolute Gasteiger partial charge is 0.332 e. The molecule has 0 atom stereocenters. The molecule has 4 aromatic rings. The number of benzene rings is 1. The Morgan fingerprint density at radius 1 is 1.15 bits per heavy atom. The molecule has 0 fully saturated rings. The lowest BCUT2D eigenvalue weighted by atomic mass is 10.1. The van der Waals surface area contributed by atoms with Crippen molar-refractivity contribution in [3.05, 3.63) is 73.2 Å². The summed E-state index contributed by atoms with van der Waals surface area (Å²) in [6.45, 7) is 0.836. The van der Waals surface area contributed by atoms with Crippen molar-refractivity contribution in [3.63, 3.8) is 0 Å². The minimum Gasteiger partial charge on any atom is -0.385 e. The highest BCUT2D eigenvalue weighted by molar-refractivity contribution is 6.28. The Balaban J connectivity index is 1.47. The Morgan fingerprint density at radius 2 is 1.94 bits per heavy atom. The molecule has 0 bridgehead atoms. The summed E-state index contributed by atoms with van der Waals surface area (Å²) in [7, 11) is 1.56. The Hall–Kier alpha value is -3.38. The van der Waals surface area contributed by atoms with Gasteiger partial charge in [-0.15, -0.1) is 0 Å². The lowest BCUT2D eigenvalue weighted by Gasteiger charge is -2.10. The average molecular weight is 495 g/mol. The highest BCUT2D eigenvalue weighted by Crippen LogP contribution is 2.14. The van der Waals surface area contributed by atoms with Gasteiger partial charge in [0, 0.05) is 45.7 Å². The number of rotatable bonds is 10. The van der Waals surface area contributed by atoms with Crippen molar-refractivity contribution < 1.29 is 18.0 Å². The lowest BCUT2D eigenvalue weighted by Crippen LogP contribution is -2.40. The first-order chi connectivity index (χ1) is 16.4. The third-order valence-corrected chi connectivity index (χ3v) is 5.39. The Labute approximate surface area is 196 Å². The van der Waals surface area contributed by atoms with E-state index in [2.05, 4.69) is 20.1 Å². The minimum atomic E-state index is -0.693. The maximum Gasteiger partial charge on any atom is 0.332 e. The molecule has 0 unspecified atom stereocenters. The normalized spacial score (nSPS) is 11.5. The fourth-order valence-electron chi connectivity index (χ4n) is 3.59. The lowest BCUT2D eigenvalue weighted by molar-refractivity contribution is 0.190. The molecule has 10 nitrogen and oxygen atoms in total. The monoisotopic (exact) mass is 494 g/mol. The summed E-state index contributed by atoms with van der Waals surface area (Å²) >= 11 is 5.93. The molecule has 180 valence electrons. The molecule has 0 radical (unpaired) electrons. The molecule has 0 aliphatic heterocycles. The van der Waals surface area contributed by atoms with E-state index in [4.69, 9.17) is 20.9 Å². The predicted molar refractivity (Wildman–Crippen MR) is 118 cm³/mol. The predicted octanol–water partition coefficient (Wildman–Crippen LogP) is 2.46. The summed E-state index contributed by atoms with van der Waals surface area (Å²) in [6, 6.07) is 3.27. The standard InChI is InChI=1S/C21H21ClF2N6O4/c1-33-9-3-8-29-18-17(26-20(22)27-18)19(31)30(21(29)32)7-2-4-16-25-15(28-34-16)10-12-5-6-13(23)11-14(12)24/h5-6,11H,2-4,7-10H2,1H3,(H,26,27). The molecule has 4 rings (SSSR count). The van der Waals surface area contributed by atoms with Gasteiger partial charge in [-0.05, 0) is 36.1 Å². The van der Waals surface area contributed by atoms with Gasteiger partial charge in [0.1, 0.15) is 11.6 Å². The molecule has 0 spiro atoms. The molecular weight excluding hydrogens is 474 g/mol. The zero-order valence-electron chi connectivity index (χ0n) is 18.2. The molecule has 0 saturated carbocycles. The molecule has 34 heavy (non-hydrogen) atoms. The van der Waals surface area contributed by atoms with E-state index in [0.29, 0.717) is 26.0 Å². The molecular formula is C21H21ClF2N6O4. The summed E-state index contributed by atoms with van der Waals surface area (Å²) in [6.07, 6.45) is 1.23. The number of nitrogens with zero attached hydrogens (tertiary/aromatic N) is 5. The molecule has 0 amide bonds. The van der Waals surface area contributed by atoms with Crippen LogP contribution >= 0.6 is 11.6 Å². The van der Waals surface area contributed by atoms with Crippen molar-refractivity contribution in [3.8, 4) is 0 Å². The highest BCUT2D eigenvalue weighted by atomic mass is 35.5. The average Bonchev–Trinajstić information content (AvgIpc) is 3.41. The van der Waals surface area contributed by atoms with E-state index in [-0.39, 0.29) is 53.1 Å². The van der Waals surface area contributed by atoms with Crippen LogP contribution in [0.2, 0.25) is 5.28 Å². The van der Waals surface area contributed by atoms with Crippen molar-refractivity contribution in [2.45, 2.75) is 38.8 Å². The van der Waals surface area contributed by atoms with E-state index in [1.165, 1.54) is 10.6 Å². The number of imidazole rings is 1. The van der Waals surface area contributed by atoms with Crippen molar-refractivity contribution in [2.24, 2.45) is 0 Å². The quantitative estimate of drug-likeness (QED) is 0.265. The van der Waals surface area contributed by atoms with Crippen molar-refractivity contribution in [1.29, 1.82) is 0 Å². The number of nitrogens with one attached hydrogen (secondary N) is 1. The van der Waals surface area contributed by atoms with E-state index in [9.17, 15) is 18.4 Å². The molecule has 13 heteroatoms. The summed E-state index contributed by atoms with van der Waals surface area (Å²) < 4.78 is 39.6. The Kier molecular flexibility index (Phi) is 7.17. The summed E-state index contributed by atoms with van der Waals surface area (Å²) in [5.41, 5.74) is -0.457. The first-order valence-electron chi connectivity index (χ1n) is 10.5. The Morgan fingerprint density at radius 3 is 2.71 bits per heavy atom. The number of aromatic amines is 1. The SMILES string of the molecule is COCCCn1c(=O)n(CCCc2nc(Cc3ccc(F)cc3F)no2)c(=O)c2[nH]c(Cl)nc21. The van der Waals surface area contributed by atoms with Crippen LogP contribution in [0, 0.1) is 11.6 Å². The second-order valence-corrected chi connectivity index (χ2v) is 7.94. The largest absolute Gasteiger partial charge is 0.385 e. The molecule has 3 heterocycles. The van der Waals surface area contributed by atoms with Crippen LogP contribution in [0.5, 0.6) is 0 Å². The summed E-state index contributed by atoms with van der Waals surface area (Å²) in [5.74, 6) is -0.844. The third kappa shape index (κ3) is 5.07. The molecule has 3 aromatic heterocycles. The van der Waals surface area contributed by atoms with E-state index >= 15 is 0 Å². The number of hydrogen-bond acceptors (Lipinski definition) is 7. The number of aryl methyl sites for hydroxylation is 2. The number of halogens is 3. The number of hydrogen-bond donors (Lipinski definition) is 1. The van der Waals surface area contributed by atoms with Gasteiger partial charge in [0.15, 0.2) is 17.0 Å². The number of fused-ring (bicyclic) bond motifs is 1. The number of aromatic nitrogens is 6. The minimum absolute atomic E-state index is 0.0146. The van der Waals surface area contributed by atoms with Crippen LogP contribution in [0.1, 0.15) is 30.1 Å². The van der Waals surface area contributed by atoms with Gasteiger partial charge >= 0.3 is 5.69 Å². The maximum absolute atomic E-state index is 13.8. The number of methoxy groups -OCH3 is 1. The highest BCUT2D eigenvalue weighted by Gasteiger charge is 2.17. The van der Waals surface area contributed by atoms with Crippen LogP contribution in [-0.2, 0) is 30.7 Å². The summed E-state index contributed by atoms with van der Waals surface area (Å²) in [5, 5.41) is 3.83. The van der Waals surface area contributed by atoms with Gasteiger partial charge in [-0.1, -0.05) is 11.2 Å². The van der Waals surface area contributed by atoms with Crippen LogP contribution in [0.3, 0.4) is 0 Å². The third-order valence-electron chi connectivity index (χ3n) is 5.21. The zero-order chi connectivity index (χ0) is 24.2. The number of H-pyrrole nitrogens is 1. The van der Waals surface area contributed by atoms with Crippen LogP contribution in [0.15, 0.2) is 32.3 Å². The molecule has 0 aliphatic carbocycles. The van der Waals surface area contributed by atoms with Gasteiger partial charge < -0.3 is 14.2 Å². The van der Waals surface area contributed by atoms with Crippen molar-refractivity contribution in [1.82, 2.24) is 29.2 Å². The van der Waals surface area contributed by atoms with Crippen molar-refractivity contribution >= 4 is 22.8 Å². The fraction of sp³-hybridized carbons (Fsp3) is 0.381. The van der Waals surface area contributed by atoms with E-state index in [1.54, 1.807) is 7.11 Å². The van der Waals surface area contributed by atoms with Crippen LogP contribution in [-0.4, -0.2) is 43.0 Å². The molecule has 1 N–H and O–H groups in total. The van der Waals surface area contributed by atoms with Crippen LogP contribution in [0.4, 0.5) is 8.78 Å². The first-order valence-corrected chi connectivity index (χ1v) is 10.9. The zero-order valence-corrected chi connectivity index (χ0v) is 18.9. The number of ether oxygens (including phenoxy) is 1. The fourth-order valence-corrected chi connectivity index (χ4v) is 3.77. The van der Waals surface area contributed by atoms with E-state index in [0.717, 1.165) is 16.7 Å². The first kappa shape index (κ1) is 23.8. The van der Waals surface area contributed by atoms with E-state index < -0.39 is 22.9 Å². The van der Waals surface area contributed by atoms with Gasteiger partial charge in [-0.3, -0.25) is 13.9 Å². The van der Waals surface area contributed by atoms with E-state index in [1.807, 2.05) is 0 Å². The maximum atomic E-state index is 13.8. The Bertz CT molecular complexity index is 1430. The van der Waals surface area contributed by atoms with Crippen LogP contribution < -0.4 is 11.2 Å². The molecule has 0 saturated heterocycles. The molecule has 0 aliphatic rings. The second-order valence-electron chi connectivity index (χ2n) is 7.58. The van der Waals surface area contributed by atoms with Crippen LogP contribution in [0.25, 0.3) is 11.2 Å². The van der Waals surface area contributed by atoms with Gasteiger partial charge in [-0.2, -0.15) is 9.97 Å². The van der Waals surface area contributed by atoms with Gasteiger partial charge in [0.05, 0.1) is 0 Å². The topological polar surface area (TPSA) is 121 Å². The van der Waals surface area contributed by atoms with Gasteiger partial charge in [0.2, 0.25) is 11.2 Å². The van der Waals surface area contributed by atoms with Crippen molar-refractivity contribution in [2.75, 3.05) is 13.7 Å².